The van der Waals surface area contributed by atoms with Gasteiger partial charge in [0, 0.05) is 5.69 Å². The summed E-state index contributed by atoms with van der Waals surface area (Å²) in [5.41, 5.74) is 3.83. The van der Waals surface area contributed by atoms with E-state index in [9.17, 15) is 9.59 Å². The molecule has 1 N–H and O–H groups in total. The average molecular weight is 456 g/mol. The van der Waals surface area contributed by atoms with E-state index in [2.05, 4.69) is 50.4 Å². The van der Waals surface area contributed by atoms with E-state index in [1.807, 2.05) is 61.5 Å². The van der Waals surface area contributed by atoms with Crippen molar-refractivity contribution in [1.82, 2.24) is 0 Å². The quantitative estimate of drug-likeness (QED) is 0.359. The fraction of sp³-hybridized carbons (Fsp3) is 0.333. The van der Waals surface area contributed by atoms with Crippen LogP contribution >= 0.6 is 0 Å². The van der Waals surface area contributed by atoms with Crippen molar-refractivity contribution in [1.29, 1.82) is 0 Å². The van der Waals surface area contributed by atoms with Gasteiger partial charge in [0.1, 0.15) is 5.60 Å². The van der Waals surface area contributed by atoms with E-state index in [0.29, 0.717) is 12.8 Å². The molecule has 1 aliphatic heterocycles. The van der Waals surface area contributed by atoms with Crippen molar-refractivity contribution in [3.63, 3.8) is 0 Å². The van der Waals surface area contributed by atoms with Crippen molar-refractivity contribution in [2.75, 3.05) is 5.32 Å². The number of hydrogen-bond acceptors (Lipinski definition) is 4. The highest BCUT2D eigenvalue weighted by Gasteiger charge is 2.48. The molecule has 2 unspecified atom stereocenters. The number of esters is 1. The molecule has 1 saturated heterocycles. The molecule has 0 aliphatic carbocycles. The van der Waals surface area contributed by atoms with Gasteiger partial charge >= 0.3 is 5.97 Å². The summed E-state index contributed by atoms with van der Waals surface area (Å²) in [6.07, 6.45) is 1.40. The summed E-state index contributed by atoms with van der Waals surface area (Å²) < 4.78 is 6.17. The summed E-state index contributed by atoms with van der Waals surface area (Å²) >= 11 is 0. The van der Waals surface area contributed by atoms with Crippen molar-refractivity contribution in [3.8, 4) is 0 Å². The first kappa shape index (κ1) is 23.7. The van der Waals surface area contributed by atoms with E-state index in [4.69, 9.17) is 4.74 Å². The third-order valence-electron chi connectivity index (χ3n) is 6.56. The number of ketones is 1. The number of benzene rings is 3. The number of aryl methyl sites for hydroxylation is 2. The van der Waals surface area contributed by atoms with Crippen molar-refractivity contribution in [2.24, 2.45) is 0 Å². The topological polar surface area (TPSA) is 55.4 Å². The van der Waals surface area contributed by atoms with Crippen LogP contribution in [0, 0.1) is 6.92 Å². The normalized spacial score (nSPS) is 20.6. The van der Waals surface area contributed by atoms with Crippen LogP contribution in [0.1, 0.15) is 55.9 Å². The lowest BCUT2D eigenvalue weighted by Crippen LogP contribution is -2.52. The smallest absolute Gasteiger partial charge is 0.337 e. The molecule has 2 atom stereocenters. The second-order valence-corrected chi connectivity index (χ2v) is 10.3. The minimum Gasteiger partial charge on any atom is -0.452 e. The second kappa shape index (κ2) is 9.46. The number of carbonyl (C=O) groups excluding carboxylic acids is 2. The van der Waals surface area contributed by atoms with E-state index in [1.54, 1.807) is 0 Å². The lowest BCUT2D eigenvalue weighted by Gasteiger charge is -2.40. The van der Waals surface area contributed by atoms with Crippen molar-refractivity contribution in [2.45, 2.75) is 64.0 Å². The van der Waals surface area contributed by atoms with Gasteiger partial charge in [-0.2, -0.15) is 0 Å². The fourth-order valence-electron chi connectivity index (χ4n) is 4.71. The van der Waals surface area contributed by atoms with Gasteiger partial charge in [-0.3, -0.25) is 4.79 Å². The maximum atomic E-state index is 13.5. The molecule has 3 aromatic rings. The third kappa shape index (κ3) is 5.06. The number of ether oxygens (including phenoxy) is 1. The van der Waals surface area contributed by atoms with Crippen molar-refractivity contribution in [3.05, 3.63) is 101 Å². The largest absolute Gasteiger partial charge is 0.452 e. The van der Waals surface area contributed by atoms with Gasteiger partial charge in [0.25, 0.3) is 0 Å². The third-order valence-corrected chi connectivity index (χ3v) is 6.56. The Labute approximate surface area is 202 Å². The van der Waals surface area contributed by atoms with Gasteiger partial charge in [0.15, 0.2) is 11.8 Å². The van der Waals surface area contributed by atoms with Crippen LogP contribution in [0.15, 0.2) is 78.9 Å². The van der Waals surface area contributed by atoms with Gasteiger partial charge in [-0.25, -0.2) is 4.79 Å². The van der Waals surface area contributed by atoms with Crippen LogP contribution in [0.4, 0.5) is 5.69 Å². The lowest BCUT2D eigenvalue weighted by molar-refractivity contribution is -0.174. The molecule has 0 spiro atoms. The summed E-state index contributed by atoms with van der Waals surface area (Å²) in [6, 6.07) is 24.8. The summed E-state index contributed by atoms with van der Waals surface area (Å²) in [4.78, 5) is 26.8. The molecule has 4 nitrogen and oxygen atoms in total. The molecule has 1 heterocycles. The first-order valence-corrected chi connectivity index (χ1v) is 11.9. The van der Waals surface area contributed by atoms with E-state index in [1.165, 1.54) is 0 Å². The Kier molecular flexibility index (Phi) is 6.60. The number of carbonyl (C=O) groups is 2. The van der Waals surface area contributed by atoms with Gasteiger partial charge in [0.05, 0.1) is 6.42 Å². The Balaban J connectivity index is 1.62. The van der Waals surface area contributed by atoms with Crippen LogP contribution in [-0.4, -0.2) is 17.8 Å². The second-order valence-electron chi connectivity index (χ2n) is 10.3. The maximum absolute atomic E-state index is 13.5. The van der Waals surface area contributed by atoms with Crippen LogP contribution in [0.25, 0.3) is 0 Å². The minimum absolute atomic E-state index is 0.138. The molecular formula is C30H33NO3. The number of rotatable bonds is 6. The number of nitrogens with one attached hydrogen (secondary N) is 1. The summed E-state index contributed by atoms with van der Waals surface area (Å²) in [5.74, 6) is -0.663. The summed E-state index contributed by atoms with van der Waals surface area (Å²) in [6.45, 7) is 8.36. The Morgan fingerprint density at radius 1 is 0.941 bits per heavy atom. The molecule has 34 heavy (non-hydrogen) atoms. The van der Waals surface area contributed by atoms with Crippen molar-refractivity contribution < 1.29 is 14.3 Å². The number of anilines is 1. The molecule has 1 aliphatic rings. The molecule has 176 valence electrons. The number of hydrogen-bond donors (Lipinski definition) is 1. The maximum Gasteiger partial charge on any atom is 0.337 e. The van der Waals surface area contributed by atoms with Gasteiger partial charge in [0.2, 0.25) is 0 Å². The predicted octanol–water partition coefficient (Wildman–Crippen LogP) is 6.12. The predicted molar refractivity (Wildman–Crippen MR) is 136 cm³/mol. The molecule has 4 rings (SSSR count). The van der Waals surface area contributed by atoms with E-state index in [-0.39, 0.29) is 17.6 Å². The highest BCUT2D eigenvalue weighted by atomic mass is 16.6. The molecule has 4 heteroatoms. The first-order valence-electron chi connectivity index (χ1n) is 11.9. The minimum atomic E-state index is -1.02. The molecule has 0 radical (unpaired) electrons. The van der Waals surface area contributed by atoms with Gasteiger partial charge in [-0.1, -0.05) is 93.6 Å². The number of Topliss-reactive ketones (excluding diaryl/α,β-unsaturated/α-hetero) is 1. The average Bonchev–Trinajstić information content (AvgIpc) is 2.81. The molecule has 3 aromatic carbocycles. The SMILES string of the molecule is Cc1ccc(C(C)(C)C)c(NC2C(=O)CC(CCc3ccccc3)(c3ccccc3)OC2=O)c1. The zero-order chi connectivity index (χ0) is 24.3. The van der Waals surface area contributed by atoms with Gasteiger partial charge in [-0.15, -0.1) is 0 Å². The highest BCUT2D eigenvalue weighted by molar-refractivity contribution is 6.08. The van der Waals surface area contributed by atoms with E-state index >= 15 is 0 Å². The standard InChI is InChI=1S/C30H33NO3/c1-21-15-16-24(29(2,3)4)25(19-21)31-27-26(32)20-30(34-28(27)33,23-13-9-6-10-14-23)18-17-22-11-7-5-8-12-22/h5-16,19,27,31H,17-18,20H2,1-4H3. The van der Waals surface area contributed by atoms with Gasteiger partial charge in [-0.05, 0) is 53.5 Å². The highest BCUT2D eigenvalue weighted by Crippen LogP contribution is 2.40. The van der Waals surface area contributed by atoms with Crippen LogP contribution < -0.4 is 5.32 Å². The Morgan fingerprint density at radius 2 is 1.59 bits per heavy atom. The molecule has 0 amide bonds. The molecular weight excluding hydrogens is 422 g/mol. The van der Waals surface area contributed by atoms with Crippen LogP contribution in [0.3, 0.4) is 0 Å². The zero-order valence-corrected chi connectivity index (χ0v) is 20.4. The summed E-state index contributed by atoms with van der Waals surface area (Å²) in [5, 5.41) is 3.24. The van der Waals surface area contributed by atoms with Crippen molar-refractivity contribution >= 4 is 17.4 Å². The fourth-order valence-corrected chi connectivity index (χ4v) is 4.71. The van der Waals surface area contributed by atoms with Crippen LogP contribution in [0.2, 0.25) is 0 Å². The monoisotopic (exact) mass is 455 g/mol. The molecule has 0 aromatic heterocycles. The summed E-state index contributed by atoms with van der Waals surface area (Å²) in [7, 11) is 0. The lowest BCUT2D eigenvalue weighted by atomic mass is 9.80. The van der Waals surface area contributed by atoms with E-state index < -0.39 is 17.6 Å². The Morgan fingerprint density at radius 3 is 2.21 bits per heavy atom. The Bertz CT molecular complexity index is 1140. The molecule has 1 fully saturated rings. The van der Waals surface area contributed by atoms with Crippen LogP contribution in [0.5, 0.6) is 0 Å². The van der Waals surface area contributed by atoms with E-state index in [0.717, 1.165) is 27.9 Å². The zero-order valence-electron chi connectivity index (χ0n) is 20.4. The Hall–Kier alpha value is -3.40. The molecule has 0 bridgehead atoms. The molecule has 0 saturated carbocycles. The number of cyclic esters (lactones) is 1. The van der Waals surface area contributed by atoms with Crippen LogP contribution in [-0.2, 0) is 31.8 Å². The van der Waals surface area contributed by atoms with Gasteiger partial charge < -0.3 is 10.1 Å². The first-order chi connectivity index (χ1) is 16.2.